The number of pyridine rings is 2. The number of thiophene rings is 1. The van der Waals surface area contributed by atoms with E-state index in [4.69, 9.17) is 0 Å². The summed E-state index contributed by atoms with van der Waals surface area (Å²) >= 11 is 1.47. The van der Waals surface area contributed by atoms with Crippen molar-refractivity contribution in [1.29, 1.82) is 0 Å². The van der Waals surface area contributed by atoms with Crippen LogP contribution in [0.25, 0.3) is 55.0 Å². The van der Waals surface area contributed by atoms with Gasteiger partial charge < -0.3 is 4.98 Å². The van der Waals surface area contributed by atoms with Crippen LogP contribution < -0.4 is 0 Å². The zero-order valence-electron chi connectivity index (χ0n) is 16.8. The van der Waals surface area contributed by atoms with E-state index >= 15 is 0 Å². The van der Waals surface area contributed by atoms with E-state index in [0.717, 1.165) is 54.2 Å². The van der Waals surface area contributed by atoms with E-state index in [9.17, 15) is 4.79 Å². The van der Waals surface area contributed by atoms with Gasteiger partial charge in [0.05, 0.1) is 45.9 Å². The summed E-state index contributed by atoms with van der Waals surface area (Å²) in [6.45, 7) is 1.58. The van der Waals surface area contributed by atoms with Crippen molar-refractivity contribution < 1.29 is 4.79 Å². The van der Waals surface area contributed by atoms with Gasteiger partial charge in [-0.15, -0.1) is 11.3 Å². The van der Waals surface area contributed by atoms with E-state index in [1.54, 1.807) is 37.9 Å². The summed E-state index contributed by atoms with van der Waals surface area (Å²) in [5.41, 5.74) is 5.77. The van der Waals surface area contributed by atoms with Gasteiger partial charge in [-0.05, 0) is 31.2 Å². The molecule has 0 aliphatic heterocycles. The lowest BCUT2D eigenvalue weighted by molar-refractivity contribution is 0.102. The average molecular weight is 437 g/mol. The molecule has 6 aromatic rings. The first-order chi connectivity index (χ1) is 15.7. The summed E-state index contributed by atoms with van der Waals surface area (Å²) in [5, 5.41) is 9.53. The SMILES string of the molecule is CC(=O)c1ccc(-c2cncc3[nH]c(-c4n[nH]c5cnc(-c6cnccn6)cc45)cc23)s1. The van der Waals surface area contributed by atoms with Crippen LogP contribution in [0, 0.1) is 0 Å². The molecule has 0 fully saturated rings. The molecule has 0 saturated carbocycles. The fourth-order valence-electron chi connectivity index (χ4n) is 3.74. The number of nitrogens with zero attached hydrogens (tertiary/aromatic N) is 5. The Morgan fingerprint density at radius 2 is 1.84 bits per heavy atom. The first-order valence-corrected chi connectivity index (χ1v) is 10.7. The summed E-state index contributed by atoms with van der Waals surface area (Å²) in [6.07, 6.45) is 10.3. The quantitative estimate of drug-likeness (QED) is 0.380. The van der Waals surface area contributed by atoms with E-state index in [1.807, 2.05) is 24.4 Å². The Labute approximate surface area is 185 Å². The van der Waals surface area contributed by atoms with Gasteiger partial charge in [0.2, 0.25) is 0 Å². The van der Waals surface area contributed by atoms with Crippen LogP contribution in [0.2, 0.25) is 0 Å². The number of aromatic amines is 2. The second-order valence-electron chi connectivity index (χ2n) is 7.33. The van der Waals surface area contributed by atoms with Crippen molar-refractivity contribution in [3.8, 4) is 33.2 Å². The van der Waals surface area contributed by atoms with Gasteiger partial charge in [-0.2, -0.15) is 5.10 Å². The highest BCUT2D eigenvalue weighted by molar-refractivity contribution is 7.17. The smallest absolute Gasteiger partial charge is 0.169 e. The van der Waals surface area contributed by atoms with Crippen molar-refractivity contribution in [2.75, 3.05) is 0 Å². The van der Waals surface area contributed by atoms with Gasteiger partial charge in [-0.3, -0.25) is 29.8 Å². The Morgan fingerprint density at radius 3 is 2.66 bits per heavy atom. The molecule has 0 amide bonds. The molecule has 0 aliphatic carbocycles. The van der Waals surface area contributed by atoms with Crippen molar-refractivity contribution in [2.45, 2.75) is 6.92 Å². The van der Waals surface area contributed by atoms with Crippen LogP contribution in [-0.4, -0.2) is 40.9 Å². The zero-order chi connectivity index (χ0) is 21.7. The van der Waals surface area contributed by atoms with Crippen LogP contribution in [0.5, 0.6) is 0 Å². The molecule has 0 atom stereocenters. The normalized spacial score (nSPS) is 11.4. The topological polar surface area (TPSA) is 113 Å². The van der Waals surface area contributed by atoms with E-state index in [1.165, 1.54) is 11.3 Å². The average Bonchev–Trinajstić information content (AvgIpc) is 3.56. The number of rotatable bonds is 4. The molecule has 0 aromatic carbocycles. The molecule has 32 heavy (non-hydrogen) atoms. The lowest BCUT2D eigenvalue weighted by Gasteiger charge is -1.99. The highest BCUT2D eigenvalue weighted by Gasteiger charge is 2.16. The first kappa shape index (κ1) is 18.5. The first-order valence-electron chi connectivity index (χ1n) is 9.86. The van der Waals surface area contributed by atoms with E-state index < -0.39 is 0 Å². The summed E-state index contributed by atoms with van der Waals surface area (Å²) in [6, 6.07) is 7.85. The monoisotopic (exact) mass is 437 g/mol. The van der Waals surface area contributed by atoms with Gasteiger partial charge in [-0.25, -0.2) is 0 Å². The Balaban J connectivity index is 1.49. The Hall–Kier alpha value is -4.24. The van der Waals surface area contributed by atoms with Crippen LogP contribution in [0.15, 0.2) is 61.4 Å². The van der Waals surface area contributed by atoms with Crippen LogP contribution in [0.3, 0.4) is 0 Å². The summed E-state index contributed by atoms with van der Waals surface area (Å²) in [5.74, 6) is 0.0617. The summed E-state index contributed by atoms with van der Waals surface area (Å²) in [4.78, 5) is 34.2. The van der Waals surface area contributed by atoms with Crippen molar-refractivity contribution >= 4 is 38.9 Å². The zero-order valence-corrected chi connectivity index (χ0v) is 17.6. The molecule has 0 saturated heterocycles. The molecular formula is C23H15N7OS. The van der Waals surface area contributed by atoms with Gasteiger partial charge in [0.15, 0.2) is 5.78 Å². The van der Waals surface area contributed by atoms with Crippen LogP contribution >= 0.6 is 11.3 Å². The molecule has 0 unspecified atom stereocenters. The lowest BCUT2D eigenvalue weighted by Crippen LogP contribution is -1.88. The number of ketones is 1. The standard InChI is InChI=1S/C23H15N7OS/c1-12(31)21-2-3-22(32-21)15-8-25-9-18-13(15)6-17(28-18)23-14-7-16(20-10-24-4-5-26-20)27-11-19(14)29-30-23/h2-11,28H,1H3,(H,29,30). The number of H-pyrrole nitrogens is 2. The van der Waals surface area contributed by atoms with Crippen LogP contribution in [0.4, 0.5) is 0 Å². The maximum Gasteiger partial charge on any atom is 0.169 e. The van der Waals surface area contributed by atoms with E-state index in [2.05, 4.69) is 41.2 Å². The number of Topliss-reactive ketones (excluding diaryl/α,β-unsaturated/α-hetero) is 1. The highest BCUT2D eigenvalue weighted by Crippen LogP contribution is 2.36. The molecule has 6 heterocycles. The number of hydrogen-bond acceptors (Lipinski definition) is 7. The van der Waals surface area contributed by atoms with Gasteiger partial charge >= 0.3 is 0 Å². The number of carbonyl (C=O) groups is 1. The third-order valence-electron chi connectivity index (χ3n) is 5.29. The minimum atomic E-state index is 0.0617. The second-order valence-corrected chi connectivity index (χ2v) is 8.41. The lowest BCUT2D eigenvalue weighted by atomic mass is 10.1. The number of fused-ring (bicyclic) bond motifs is 2. The summed E-state index contributed by atoms with van der Waals surface area (Å²) in [7, 11) is 0. The van der Waals surface area contributed by atoms with Crippen molar-refractivity contribution in [1.82, 2.24) is 35.1 Å². The predicted octanol–water partition coefficient (Wildman–Crippen LogP) is 4.89. The molecule has 0 spiro atoms. The van der Waals surface area contributed by atoms with E-state index in [0.29, 0.717) is 5.69 Å². The largest absolute Gasteiger partial charge is 0.352 e. The fraction of sp³-hybridized carbons (Fsp3) is 0.0435. The molecule has 6 aromatic heterocycles. The fourth-order valence-corrected chi connectivity index (χ4v) is 4.67. The molecule has 154 valence electrons. The minimum Gasteiger partial charge on any atom is -0.352 e. The maximum absolute atomic E-state index is 11.7. The Morgan fingerprint density at radius 1 is 0.906 bits per heavy atom. The van der Waals surface area contributed by atoms with E-state index in [-0.39, 0.29) is 5.78 Å². The molecule has 6 rings (SSSR count). The molecule has 0 aliphatic rings. The van der Waals surface area contributed by atoms with Gasteiger partial charge in [0.1, 0.15) is 11.4 Å². The molecule has 0 bridgehead atoms. The number of carbonyl (C=O) groups excluding carboxylic acids is 1. The van der Waals surface area contributed by atoms with Crippen LogP contribution in [0.1, 0.15) is 16.6 Å². The second kappa shape index (κ2) is 7.17. The molecule has 2 N–H and O–H groups in total. The van der Waals surface area contributed by atoms with Gasteiger partial charge in [0.25, 0.3) is 0 Å². The molecule has 8 nitrogen and oxygen atoms in total. The minimum absolute atomic E-state index is 0.0617. The summed E-state index contributed by atoms with van der Waals surface area (Å²) < 4.78 is 0. The molecule has 0 radical (unpaired) electrons. The number of nitrogens with one attached hydrogen (secondary N) is 2. The highest BCUT2D eigenvalue weighted by atomic mass is 32.1. The number of aromatic nitrogens is 7. The number of hydrogen-bond donors (Lipinski definition) is 2. The third-order valence-corrected chi connectivity index (χ3v) is 6.51. The van der Waals surface area contributed by atoms with Crippen molar-refractivity contribution in [2.24, 2.45) is 0 Å². The van der Waals surface area contributed by atoms with Crippen LogP contribution in [-0.2, 0) is 0 Å². The Kier molecular flexibility index (Phi) is 4.15. The van der Waals surface area contributed by atoms with Crippen molar-refractivity contribution in [3.05, 3.63) is 66.3 Å². The predicted molar refractivity (Wildman–Crippen MR) is 123 cm³/mol. The molecule has 9 heteroatoms. The van der Waals surface area contributed by atoms with Crippen molar-refractivity contribution in [3.63, 3.8) is 0 Å². The maximum atomic E-state index is 11.7. The Bertz CT molecular complexity index is 1610. The van der Waals surface area contributed by atoms with Gasteiger partial charge in [0, 0.05) is 39.8 Å². The third kappa shape index (κ3) is 2.98. The van der Waals surface area contributed by atoms with Gasteiger partial charge in [-0.1, -0.05) is 0 Å². The molecular weight excluding hydrogens is 422 g/mol.